The van der Waals surface area contributed by atoms with E-state index in [0.717, 1.165) is 10.0 Å². The van der Waals surface area contributed by atoms with E-state index in [2.05, 4.69) is 15.9 Å². The molecule has 0 spiro atoms. The van der Waals surface area contributed by atoms with Gasteiger partial charge >= 0.3 is 6.09 Å². The Morgan fingerprint density at radius 3 is 2.60 bits per heavy atom. The third-order valence-electron chi connectivity index (χ3n) is 3.45. The number of benzene rings is 1. The van der Waals surface area contributed by atoms with Crippen molar-refractivity contribution >= 4 is 22.0 Å². The molecule has 0 saturated carbocycles. The van der Waals surface area contributed by atoms with Crippen molar-refractivity contribution in [2.75, 3.05) is 6.54 Å². The lowest BCUT2D eigenvalue weighted by atomic mass is 10.0. The first kappa shape index (κ1) is 15.3. The highest BCUT2D eigenvalue weighted by atomic mass is 79.9. The van der Waals surface area contributed by atoms with Gasteiger partial charge in [-0.1, -0.05) is 28.1 Å². The minimum absolute atomic E-state index is 0.0394. The van der Waals surface area contributed by atoms with Gasteiger partial charge in [0.1, 0.15) is 6.10 Å². The number of rotatable bonds is 4. The predicted octanol–water partition coefficient (Wildman–Crippen LogP) is 3.49. The third kappa shape index (κ3) is 3.73. The molecule has 0 radical (unpaired) electrons. The molecule has 1 heterocycles. The van der Waals surface area contributed by atoms with Crippen LogP contribution in [-0.2, 0) is 4.74 Å². The quantitative estimate of drug-likeness (QED) is 0.911. The Morgan fingerprint density at radius 1 is 1.45 bits per heavy atom. The number of hydrogen-bond donors (Lipinski definition) is 1. The highest BCUT2D eigenvalue weighted by molar-refractivity contribution is 9.10. The van der Waals surface area contributed by atoms with Crippen molar-refractivity contribution in [3.05, 3.63) is 34.3 Å². The van der Waals surface area contributed by atoms with Gasteiger partial charge in [0, 0.05) is 10.9 Å². The van der Waals surface area contributed by atoms with Crippen LogP contribution in [0.2, 0.25) is 0 Å². The van der Waals surface area contributed by atoms with Crippen molar-refractivity contribution in [3.8, 4) is 0 Å². The van der Waals surface area contributed by atoms with E-state index in [1.165, 1.54) is 0 Å². The van der Waals surface area contributed by atoms with Crippen molar-refractivity contribution in [2.45, 2.75) is 44.9 Å². The molecule has 0 aromatic heterocycles. The average molecular weight is 342 g/mol. The fraction of sp³-hybridized carbons (Fsp3) is 0.533. The average Bonchev–Trinajstić information content (AvgIpc) is 2.67. The van der Waals surface area contributed by atoms with Crippen molar-refractivity contribution in [2.24, 2.45) is 0 Å². The topological polar surface area (TPSA) is 49.8 Å². The second-order valence-electron chi connectivity index (χ2n) is 5.90. The van der Waals surface area contributed by atoms with E-state index in [9.17, 15) is 9.90 Å². The number of carbonyl (C=O) groups excluding carboxylic acids is 1. The van der Waals surface area contributed by atoms with Gasteiger partial charge < -0.3 is 9.84 Å². The number of ether oxygens (including phenoxy) is 1. The summed E-state index contributed by atoms with van der Waals surface area (Å²) in [5, 5.41) is 9.82. The molecular weight excluding hydrogens is 322 g/mol. The molecule has 0 bridgehead atoms. The number of nitrogens with zero attached hydrogens (tertiary/aromatic N) is 1. The van der Waals surface area contributed by atoms with Crippen LogP contribution < -0.4 is 0 Å². The van der Waals surface area contributed by atoms with E-state index in [1.807, 2.05) is 31.2 Å². The summed E-state index contributed by atoms with van der Waals surface area (Å²) in [5.74, 6) is 0. The van der Waals surface area contributed by atoms with E-state index in [0.29, 0.717) is 13.0 Å². The molecule has 1 aliphatic rings. The van der Waals surface area contributed by atoms with Crippen LogP contribution in [0, 0.1) is 0 Å². The maximum absolute atomic E-state index is 12.0. The maximum atomic E-state index is 12.0. The monoisotopic (exact) mass is 341 g/mol. The Labute approximate surface area is 127 Å². The van der Waals surface area contributed by atoms with Crippen LogP contribution in [0.15, 0.2) is 28.7 Å². The molecule has 1 fully saturated rings. The minimum Gasteiger partial charge on any atom is -0.444 e. The fourth-order valence-electron chi connectivity index (χ4n) is 2.44. The van der Waals surface area contributed by atoms with Crippen LogP contribution in [0.5, 0.6) is 0 Å². The molecule has 1 N–H and O–H groups in total. The fourth-order valence-corrected chi connectivity index (χ4v) is 2.71. The van der Waals surface area contributed by atoms with Crippen LogP contribution in [0.4, 0.5) is 4.79 Å². The predicted molar refractivity (Wildman–Crippen MR) is 80.4 cm³/mol. The first-order valence-electron chi connectivity index (χ1n) is 6.71. The molecule has 20 heavy (non-hydrogen) atoms. The van der Waals surface area contributed by atoms with E-state index >= 15 is 0 Å². The summed E-state index contributed by atoms with van der Waals surface area (Å²) >= 11 is 3.40. The van der Waals surface area contributed by atoms with Gasteiger partial charge in [-0.05, 0) is 38.5 Å². The SMILES string of the molecule is C[C@@H](c1ccc(Br)cc1)N1C[C@@H](CC(C)(C)O)OC1=O. The van der Waals surface area contributed by atoms with Gasteiger partial charge in [-0.25, -0.2) is 4.79 Å². The van der Waals surface area contributed by atoms with Crippen LogP contribution in [0.1, 0.15) is 38.8 Å². The van der Waals surface area contributed by atoms with E-state index in [1.54, 1.807) is 18.7 Å². The zero-order chi connectivity index (χ0) is 14.9. The largest absolute Gasteiger partial charge is 0.444 e. The van der Waals surface area contributed by atoms with Crippen molar-refractivity contribution < 1.29 is 14.6 Å². The summed E-state index contributed by atoms with van der Waals surface area (Å²) in [6.07, 6.45) is -0.113. The molecule has 1 saturated heterocycles. The Morgan fingerprint density at radius 2 is 2.05 bits per heavy atom. The molecule has 1 amide bonds. The molecule has 1 aliphatic heterocycles. The molecule has 1 aromatic carbocycles. The smallest absolute Gasteiger partial charge is 0.410 e. The highest BCUT2D eigenvalue weighted by Crippen LogP contribution is 2.29. The lowest BCUT2D eigenvalue weighted by Gasteiger charge is -2.23. The van der Waals surface area contributed by atoms with Crippen LogP contribution in [0.3, 0.4) is 0 Å². The zero-order valence-corrected chi connectivity index (χ0v) is 13.6. The van der Waals surface area contributed by atoms with E-state index in [4.69, 9.17) is 4.74 Å². The van der Waals surface area contributed by atoms with Crippen molar-refractivity contribution in [1.82, 2.24) is 4.90 Å². The summed E-state index contributed by atoms with van der Waals surface area (Å²) in [7, 11) is 0. The summed E-state index contributed by atoms with van der Waals surface area (Å²) in [6, 6.07) is 7.86. The highest BCUT2D eigenvalue weighted by Gasteiger charge is 2.37. The molecule has 0 aliphatic carbocycles. The summed E-state index contributed by atoms with van der Waals surface area (Å²) in [5.41, 5.74) is 0.232. The lowest BCUT2D eigenvalue weighted by Crippen LogP contribution is -2.31. The van der Waals surface area contributed by atoms with Gasteiger partial charge in [0.2, 0.25) is 0 Å². The van der Waals surface area contributed by atoms with E-state index < -0.39 is 5.60 Å². The molecule has 4 nitrogen and oxygen atoms in total. The Bertz CT molecular complexity index is 481. The van der Waals surface area contributed by atoms with Crippen LogP contribution >= 0.6 is 15.9 Å². The summed E-state index contributed by atoms with van der Waals surface area (Å²) < 4.78 is 6.35. The normalized spacial score (nSPS) is 20.9. The zero-order valence-electron chi connectivity index (χ0n) is 12.0. The molecule has 2 rings (SSSR count). The number of aliphatic hydroxyl groups is 1. The molecule has 110 valence electrons. The Kier molecular flexibility index (Phi) is 4.39. The standard InChI is InChI=1S/C15H20BrNO3/c1-10(11-4-6-12(16)7-5-11)17-9-13(20-14(17)18)8-15(2,3)19/h4-7,10,13,19H,8-9H2,1-3H3/t10-,13+/m0/s1. The summed E-state index contributed by atoms with van der Waals surface area (Å²) in [4.78, 5) is 13.7. The Hall–Kier alpha value is -1.07. The molecule has 0 unspecified atom stereocenters. The molecule has 2 atom stereocenters. The summed E-state index contributed by atoms with van der Waals surface area (Å²) in [6.45, 7) is 5.94. The van der Waals surface area contributed by atoms with Crippen molar-refractivity contribution in [3.63, 3.8) is 0 Å². The Balaban J connectivity index is 2.05. The van der Waals surface area contributed by atoms with Gasteiger partial charge in [-0.3, -0.25) is 4.90 Å². The van der Waals surface area contributed by atoms with E-state index in [-0.39, 0.29) is 18.2 Å². The number of hydrogen-bond acceptors (Lipinski definition) is 3. The van der Waals surface area contributed by atoms with Gasteiger partial charge in [-0.2, -0.15) is 0 Å². The number of halogens is 1. The number of carbonyl (C=O) groups is 1. The lowest BCUT2D eigenvalue weighted by molar-refractivity contribution is 0.0260. The third-order valence-corrected chi connectivity index (χ3v) is 3.98. The first-order valence-corrected chi connectivity index (χ1v) is 7.51. The van der Waals surface area contributed by atoms with Crippen LogP contribution in [-0.4, -0.2) is 34.3 Å². The minimum atomic E-state index is -0.832. The second kappa shape index (κ2) is 5.74. The van der Waals surface area contributed by atoms with Gasteiger partial charge in [0.25, 0.3) is 0 Å². The maximum Gasteiger partial charge on any atom is 0.410 e. The second-order valence-corrected chi connectivity index (χ2v) is 6.82. The molecular formula is C15H20BrNO3. The number of cyclic esters (lactones) is 1. The van der Waals surface area contributed by atoms with Gasteiger partial charge in [0.05, 0.1) is 18.2 Å². The molecule has 1 aromatic rings. The van der Waals surface area contributed by atoms with Gasteiger partial charge in [0.15, 0.2) is 0 Å². The first-order chi connectivity index (χ1) is 9.26. The van der Waals surface area contributed by atoms with Crippen LogP contribution in [0.25, 0.3) is 0 Å². The van der Waals surface area contributed by atoms with Gasteiger partial charge in [-0.15, -0.1) is 0 Å². The number of amides is 1. The molecule has 5 heteroatoms. The van der Waals surface area contributed by atoms with Crippen molar-refractivity contribution in [1.29, 1.82) is 0 Å².